The third kappa shape index (κ3) is 1.72. The van der Waals surface area contributed by atoms with Crippen LogP contribution in [0, 0.1) is 6.61 Å². The Morgan fingerprint density at radius 3 is 3.36 bits per heavy atom. The molecule has 3 nitrogen and oxygen atoms in total. The van der Waals surface area contributed by atoms with Crippen molar-refractivity contribution >= 4 is 0 Å². The molecule has 0 spiro atoms. The zero-order valence-corrected chi connectivity index (χ0v) is 6.70. The fourth-order valence-electron chi connectivity index (χ4n) is 1.72. The van der Waals surface area contributed by atoms with E-state index in [0.717, 1.165) is 6.54 Å². The third-order valence-corrected chi connectivity index (χ3v) is 2.40. The molecular formula is C8H14N2O-2. The molecule has 0 aliphatic carbocycles. The normalized spacial score (nSPS) is 34.4. The summed E-state index contributed by atoms with van der Waals surface area (Å²) in [6.45, 7) is 3.92. The van der Waals surface area contributed by atoms with Crippen LogP contribution in [0.4, 0.5) is 0 Å². The van der Waals surface area contributed by atoms with Crippen LogP contribution in [0.1, 0.15) is 25.7 Å². The number of hydroxylamine groups is 1. The van der Waals surface area contributed by atoms with Gasteiger partial charge in [0.1, 0.15) is 0 Å². The maximum Gasteiger partial charge on any atom is -0.00619 e. The number of rotatable bonds is 0. The Labute approximate surface area is 67.7 Å². The van der Waals surface area contributed by atoms with Crippen LogP contribution in [-0.2, 0) is 4.84 Å². The Hall–Kier alpha value is -0.120. The summed E-state index contributed by atoms with van der Waals surface area (Å²) in [6, 6.07) is 0. The number of fused-ring (bicyclic) bond motifs is 1. The Bertz CT molecular complexity index is 115. The predicted octanol–water partition coefficient (Wildman–Crippen LogP) is 1.67. The Morgan fingerprint density at radius 1 is 1.36 bits per heavy atom. The van der Waals surface area contributed by atoms with Gasteiger partial charge in [-0.3, -0.25) is 0 Å². The summed E-state index contributed by atoms with van der Waals surface area (Å²) in [5.74, 6) is 0. The van der Waals surface area contributed by atoms with Crippen LogP contribution in [0.3, 0.4) is 0 Å². The van der Waals surface area contributed by atoms with Gasteiger partial charge in [0.05, 0.1) is 0 Å². The Kier molecular flexibility index (Phi) is 2.41. The van der Waals surface area contributed by atoms with Crippen LogP contribution >= 0.6 is 0 Å². The van der Waals surface area contributed by atoms with E-state index in [1.54, 1.807) is 6.61 Å². The fraction of sp³-hybridized carbons (Fsp3) is 0.875. The van der Waals surface area contributed by atoms with Crippen LogP contribution < -0.4 is 0 Å². The zero-order chi connectivity index (χ0) is 7.52. The van der Waals surface area contributed by atoms with E-state index >= 15 is 0 Å². The quantitative estimate of drug-likeness (QED) is 0.496. The van der Waals surface area contributed by atoms with Crippen molar-refractivity contribution in [1.29, 1.82) is 0 Å². The second kappa shape index (κ2) is 3.52. The first-order valence-electron chi connectivity index (χ1n) is 4.38. The molecule has 0 amide bonds. The predicted molar refractivity (Wildman–Crippen MR) is 42.6 cm³/mol. The van der Waals surface area contributed by atoms with Gasteiger partial charge in [0.25, 0.3) is 0 Å². The SMILES string of the molecule is [CH-]1CN2CCCCCC2[N-]O1. The summed E-state index contributed by atoms with van der Waals surface area (Å²) in [6.07, 6.45) is 5.49. The van der Waals surface area contributed by atoms with Gasteiger partial charge in [0, 0.05) is 0 Å². The minimum atomic E-state index is 0.350. The molecule has 2 rings (SSSR count). The van der Waals surface area contributed by atoms with Crippen LogP contribution in [0.5, 0.6) is 0 Å². The first kappa shape index (κ1) is 7.53. The van der Waals surface area contributed by atoms with Gasteiger partial charge in [-0.15, -0.1) is 6.54 Å². The maximum absolute atomic E-state index is 4.95. The Balaban J connectivity index is 1.93. The lowest BCUT2D eigenvalue weighted by molar-refractivity contribution is 0.0921. The minimum Gasteiger partial charge on any atom is -0.655 e. The van der Waals surface area contributed by atoms with E-state index < -0.39 is 0 Å². The number of hydrogen-bond donors (Lipinski definition) is 0. The van der Waals surface area contributed by atoms with E-state index in [1.807, 2.05) is 0 Å². The van der Waals surface area contributed by atoms with Gasteiger partial charge in [-0.1, -0.05) is 25.4 Å². The van der Waals surface area contributed by atoms with E-state index in [1.165, 1.54) is 32.2 Å². The van der Waals surface area contributed by atoms with Crippen molar-refractivity contribution in [2.45, 2.75) is 31.8 Å². The van der Waals surface area contributed by atoms with Crippen LogP contribution in [0.15, 0.2) is 0 Å². The van der Waals surface area contributed by atoms with E-state index in [-0.39, 0.29) is 0 Å². The van der Waals surface area contributed by atoms with Gasteiger partial charge in [0.15, 0.2) is 0 Å². The Morgan fingerprint density at radius 2 is 2.36 bits per heavy atom. The molecule has 1 unspecified atom stereocenters. The molecular weight excluding hydrogens is 140 g/mol. The molecule has 2 aliphatic heterocycles. The average Bonchev–Trinajstić information content (AvgIpc) is 2.28. The second-order valence-corrected chi connectivity index (χ2v) is 3.20. The van der Waals surface area contributed by atoms with E-state index in [0.29, 0.717) is 6.17 Å². The van der Waals surface area contributed by atoms with Gasteiger partial charge in [-0.25, -0.2) is 6.61 Å². The minimum absolute atomic E-state index is 0.350. The average molecular weight is 154 g/mol. The van der Waals surface area contributed by atoms with Crippen molar-refractivity contribution in [3.05, 3.63) is 12.1 Å². The van der Waals surface area contributed by atoms with Crippen molar-refractivity contribution in [3.8, 4) is 0 Å². The molecule has 0 N–H and O–H groups in total. The maximum atomic E-state index is 4.95. The fourth-order valence-corrected chi connectivity index (χ4v) is 1.72. The molecule has 2 aliphatic rings. The van der Waals surface area contributed by atoms with Gasteiger partial charge < -0.3 is 15.2 Å². The molecule has 0 saturated carbocycles. The van der Waals surface area contributed by atoms with Gasteiger partial charge in [-0.05, 0) is 13.0 Å². The van der Waals surface area contributed by atoms with Gasteiger partial charge in [-0.2, -0.15) is 0 Å². The lowest BCUT2D eigenvalue weighted by atomic mass is 10.2. The molecule has 0 bridgehead atoms. The van der Waals surface area contributed by atoms with Crippen LogP contribution in [0.25, 0.3) is 5.48 Å². The summed E-state index contributed by atoms with van der Waals surface area (Å²) in [7, 11) is 0. The second-order valence-electron chi connectivity index (χ2n) is 3.20. The van der Waals surface area contributed by atoms with Gasteiger partial charge in [0.2, 0.25) is 0 Å². The third-order valence-electron chi connectivity index (χ3n) is 2.40. The van der Waals surface area contributed by atoms with Crippen LogP contribution in [0.2, 0.25) is 0 Å². The van der Waals surface area contributed by atoms with Crippen molar-refractivity contribution in [3.63, 3.8) is 0 Å². The molecule has 0 aromatic carbocycles. The molecule has 0 aromatic heterocycles. The first-order chi connectivity index (χ1) is 5.47. The molecule has 3 heteroatoms. The smallest absolute Gasteiger partial charge is 0.00619 e. The van der Waals surface area contributed by atoms with E-state index in [2.05, 4.69) is 10.4 Å². The lowest BCUT2D eigenvalue weighted by Gasteiger charge is -2.52. The van der Waals surface area contributed by atoms with Crippen molar-refractivity contribution in [1.82, 2.24) is 4.90 Å². The molecule has 2 fully saturated rings. The molecule has 0 radical (unpaired) electrons. The van der Waals surface area contributed by atoms with Crippen molar-refractivity contribution in [2.24, 2.45) is 0 Å². The number of nitrogens with zero attached hydrogens (tertiary/aromatic N) is 2. The molecule has 2 heterocycles. The molecule has 1 atom stereocenters. The molecule has 11 heavy (non-hydrogen) atoms. The van der Waals surface area contributed by atoms with E-state index in [9.17, 15) is 0 Å². The van der Waals surface area contributed by atoms with Gasteiger partial charge >= 0.3 is 0 Å². The monoisotopic (exact) mass is 154 g/mol. The van der Waals surface area contributed by atoms with Crippen LogP contribution in [-0.4, -0.2) is 24.2 Å². The molecule has 0 aromatic rings. The summed E-state index contributed by atoms with van der Waals surface area (Å²) in [5, 5.41) is 0. The van der Waals surface area contributed by atoms with Crippen molar-refractivity contribution < 1.29 is 4.84 Å². The standard InChI is InChI=1S/C8H14N2O/c1-2-4-8-9-11-7-6-10(8)5-3-1/h7-8H,1-6H2/q-2. The first-order valence-corrected chi connectivity index (χ1v) is 4.38. The van der Waals surface area contributed by atoms with Crippen molar-refractivity contribution in [2.75, 3.05) is 13.1 Å². The highest BCUT2D eigenvalue weighted by atomic mass is 16.7. The highest BCUT2D eigenvalue weighted by Gasteiger charge is 2.12. The highest BCUT2D eigenvalue weighted by molar-refractivity contribution is 4.90. The molecule has 64 valence electrons. The summed E-state index contributed by atoms with van der Waals surface area (Å²) in [4.78, 5) is 7.34. The highest BCUT2D eigenvalue weighted by Crippen LogP contribution is 2.24. The topological polar surface area (TPSA) is 26.6 Å². The summed E-state index contributed by atoms with van der Waals surface area (Å²) >= 11 is 0. The number of hydrogen-bond acceptors (Lipinski definition) is 2. The molecule has 2 saturated heterocycles. The lowest BCUT2D eigenvalue weighted by Crippen LogP contribution is -2.38. The summed E-state index contributed by atoms with van der Waals surface area (Å²) in [5.41, 5.74) is 4.08. The summed E-state index contributed by atoms with van der Waals surface area (Å²) < 4.78 is 0. The zero-order valence-electron chi connectivity index (χ0n) is 6.70. The largest absolute Gasteiger partial charge is 0.655 e. The van der Waals surface area contributed by atoms with E-state index in [4.69, 9.17) is 4.84 Å².